The monoisotopic (exact) mass is 1980 g/mol. The van der Waals surface area contributed by atoms with Crippen molar-refractivity contribution in [1.29, 1.82) is 0 Å². The molecule has 0 aromatic heterocycles. The number of carbonyl (C=O) groups excluding carboxylic acids is 5. The Bertz CT molecular complexity index is 3560. The highest BCUT2D eigenvalue weighted by Gasteiger charge is 2.32. The molecule has 2 heterocycles. The Balaban J connectivity index is 0.000000813. The van der Waals surface area contributed by atoms with Crippen LogP contribution in [0.4, 0.5) is 5.69 Å². The van der Waals surface area contributed by atoms with Gasteiger partial charge in [-0.1, -0.05) is 225 Å². The second-order valence-electron chi connectivity index (χ2n) is 33.6. The number of ketones is 4. The number of Topliss-reactive ketones (excluding diaryl/α,β-unsaturated/α-hetero) is 4. The maximum absolute atomic E-state index is 13.3. The molecule has 19 heteroatoms. The molecule has 1 amide bonds. The molecule has 680 valence electrons. The Morgan fingerprint density at radius 2 is 0.817 bits per heavy atom. The highest BCUT2D eigenvalue weighted by atomic mass is 79.9. The van der Waals surface area contributed by atoms with Gasteiger partial charge in [0.25, 0.3) is 0 Å². The number of aryl methyl sites for hydroxylation is 7. The third kappa shape index (κ3) is 44.3. The van der Waals surface area contributed by atoms with Gasteiger partial charge in [0, 0.05) is 64.1 Å². The summed E-state index contributed by atoms with van der Waals surface area (Å²) in [6, 6.07) is 30.4. The number of para-hydroxylation sites is 1. The highest BCUT2D eigenvalue weighted by Crippen LogP contribution is 2.29. The number of amides is 1. The smallest absolute Gasteiger partial charge is 0.241 e. The standard InChI is InChI=1S/C38H59N3O3.C24H41BrNO2.C16H25NO2.C15H21NO.C8H16Br2.2BrH/c1-7-26-41(8-2,29-33(42)28-34-30(3)19-18-23-36(34)44-6)27-16-12-10-9-11-14-24-40-25-15-13-22-35(40)38(43)39-37-31(4)20-17-21-32(37)5;1-5-17-26(6-2,18-12-10-8-7-9-11-16-25)20-22(27)19-23-21(3)14-13-15-24(23)28-4;1-5-10-17(6-2)12-14(18)11-15-13(3)8-7-9-16(15)19-4;1-11-6-5-7-12(2)13(11)10-15(17)14-8-3-4-9-16-14;9-7-5-3-1-2-4-6-8-10;;/h17-21,23,35H,7-16,22,24-29H2,1-6H3;13-15H,5-12,16-20H2,1-4H3;7-9H,5-6,10-12H2,1-4H3;5-7,14,16H,3-4,8-10H2,1-2H3;1-8H2;2*1H/q;+1;;;;;/p-1. The molecular weight excluding hydrogens is 1820 g/mol. The minimum absolute atomic E-state index is 0. The van der Waals surface area contributed by atoms with E-state index in [2.05, 4.69) is 194 Å². The van der Waals surface area contributed by atoms with Gasteiger partial charge in [-0.2, -0.15) is 0 Å². The van der Waals surface area contributed by atoms with Crippen molar-refractivity contribution in [2.75, 3.05) is 134 Å². The minimum Gasteiger partial charge on any atom is -1.00 e. The van der Waals surface area contributed by atoms with Gasteiger partial charge >= 0.3 is 0 Å². The van der Waals surface area contributed by atoms with Gasteiger partial charge in [-0.25, -0.2) is 0 Å². The number of hydrogen-bond donors (Lipinski definition) is 2. The number of alkyl halides is 3. The van der Waals surface area contributed by atoms with Crippen LogP contribution in [-0.2, 0) is 49.7 Å². The van der Waals surface area contributed by atoms with E-state index in [0.717, 1.165) is 199 Å². The molecule has 7 rings (SSSR count). The first-order valence-corrected chi connectivity index (χ1v) is 49.3. The molecule has 0 radical (unpaired) electrons. The van der Waals surface area contributed by atoms with Gasteiger partial charge in [0.15, 0.2) is 23.1 Å². The van der Waals surface area contributed by atoms with Gasteiger partial charge in [0.05, 0.1) is 79.2 Å². The molecule has 2 saturated heterocycles. The number of hydrogen-bond acceptors (Lipinski definition) is 11. The Labute approximate surface area is 777 Å². The Hall–Kier alpha value is -4.15. The third-order valence-electron chi connectivity index (χ3n) is 24.2. The molecule has 2 aliphatic heterocycles. The molecule has 14 nitrogen and oxygen atoms in total. The first kappa shape index (κ1) is 114. The Morgan fingerprint density at radius 1 is 0.442 bits per heavy atom. The van der Waals surface area contributed by atoms with Gasteiger partial charge in [0.2, 0.25) is 5.91 Å². The number of carbonyl (C=O) groups is 5. The van der Waals surface area contributed by atoms with E-state index in [1.165, 1.54) is 156 Å². The summed E-state index contributed by atoms with van der Waals surface area (Å²) >= 11 is 10.4. The summed E-state index contributed by atoms with van der Waals surface area (Å²) in [5, 5.41) is 10.0. The van der Waals surface area contributed by atoms with Crippen molar-refractivity contribution in [3.63, 3.8) is 0 Å². The van der Waals surface area contributed by atoms with Crippen LogP contribution in [-0.4, -0.2) is 189 Å². The number of methoxy groups -OCH3 is 3. The molecular formula is C101H163Br5N6O8. The van der Waals surface area contributed by atoms with Crippen molar-refractivity contribution in [3.8, 4) is 17.2 Å². The molecule has 0 saturated carbocycles. The third-order valence-corrected chi connectivity index (χ3v) is 25.9. The highest BCUT2D eigenvalue weighted by molar-refractivity contribution is 9.09. The summed E-state index contributed by atoms with van der Waals surface area (Å²) in [5.41, 5.74) is 13.4. The Morgan fingerprint density at radius 3 is 1.19 bits per heavy atom. The van der Waals surface area contributed by atoms with Crippen LogP contribution < -0.4 is 58.8 Å². The Kier molecular flexibility index (Phi) is 64.6. The molecule has 0 bridgehead atoms. The number of anilines is 1. The number of halogens is 5. The molecule has 0 aliphatic carbocycles. The van der Waals surface area contributed by atoms with Gasteiger partial charge in [0.1, 0.15) is 30.3 Å². The van der Waals surface area contributed by atoms with Crippen molar-refractivity contribution in [1.82, 2.24) is 15.1 Å². The summed E-state index contributed by atoms with van der Waals surface area (Å²) in [4.78, 5) is 68.6. The minimum atomic E-state index is -0.0177. The lowest BCUT2D eigenvalue weighted by atomic mass is 9.92. The number of likely N-dealkylation sites (N-methyl/N-ethyl adjacent to an activating group) is 3. The van der Waals surface area contributed by atoms with Crippen molar-refractivity contribution in [2.24, 2.45) is 0 Å². The summed E-state index contributed by atoms with van der Waals surface area (Å²) in [6.07, 6.45) is 35.2. The summed E-state index contributed by atoms with van der Waals surface area (Å²) in [7, 11) is 5.02. The molecule has 120 heavy (non-hydrogen) atoms. The summed E-state index contributed by atoms with van der Waals surface area (Å²) in [6.45, 7) is 40.7. The number of nitrogens with one attached hydrogen (secondary N) is 2. The molecule has 4 atom stereocenters. The molecule has 0 spiro atoms. The largest absolute Gasteiger partial charge is 1.00 e. The van der Waals surface area contributed by atoms with E-state index in [-0.39, 0.29) is 57.7 Å². The molecule has 2 fully saturated rings. The zero-order valence-corrected chi connectivity index (χ0v) is 85.6. The molecule has 5 aromatic rings. The van der Waals surface area contributed by atoms with Crippen LogP contribution in [0.15, 0.2) is 91.0 Å². The first-order valence-electron chi connectivity index (χ1n) is 45.9. The number of benzene rings is 5. The zero-order chi connectivity index (χ0) is 86.9. The topological polar surface area (TPSA) is 144 Å². The van der Waals surface area contributed by atoms with Gasteiger partial charge in [-0.05, 0) is 254 Å². The van der Waals surface area contributed by atoms with Crippen molar-refractivity contribution in [3.05, 3.63) is 152 Å². The maximum Gasteiger partial charge on any atom is 0.241 e. The fraction of sp³-hybridized carbons (Fsp3) is 0.653. The van der Waals surface area contributed by atoms with E-state index in [4.69, 9.17) is 14.2 Å². The fourth-order valence-electron chi connectivity index (χ4n) is 17.0. The average molecular weight is 1990 g/mol. The molecule has 2 N–H and O–H groups in total. The lowest BCUT2D eigenvalue weighted by molar-refractivity contribution is -0.919. The summed E-state index contributed by atoms with van der Waals surface area (Å²) < 4.78 is 18.2. The van der Waals surface area contributed by atoms with E-state index >= 15 is 0 Å². The number of piperidine rings is 2. The number of likely N-dealkylation sites (tertiary alicyclic amines) is 1. The second kappa shape index (κ2) is 68.1. The van der Waals surface area contributed by atoms with Crippen LogP contribution in [0.2, 0.25) is 0 Å². The van der Waals surface area contributed by atoms with E-state index < -0.39 is 0 Å². The van der Waals surface area contributed by atoms with E-state index in [0.29, 0.717) is 62.7 Å². The first-order chi connectivity index (χ1) is 57.0. The fourth-order valence-corrected chi connectivity index (χ4v) is 18.2. The summed E-state index contributed by atoms with van der Waals surface area (Å²) in [5.74, 6) is 3.87. The molecule has 4 unspecified atom stereocenters. The quantitative estimate of drug-likeness (QED) is 0.0218. The van der Waals surface area contributed by atoms with Crippen LogP contribution in [0.1, 0.15) is 276 Å². The average Bonchev–Trinajstić information content (AvgIpc) is 0.857. The van der Waals surface area contributed by atoms with Crippen LogP contribution in [0.3, 0.4) is 0 Å². The lowest BCUT2D eigenvalue weighted by Gasteiger charge is -2.37. The molecule has 5 aromatic carbocycles. The predicted molar refractivity (Wildman–Crippen MR) is 512 cm³/mol. The number of unbranched alkanes of at least 4 members (excludes halogenated alkanes) is 15. The number of quaternary nitrogens is 2. The number of nitrogens with zero attached hydrogens (tertiary/aromatic N) is 4. The van der Waals surface area contributed by atoms with Gasteiger partial charge < -0.3 is 67.8 Å². The van der Waals surface area contributed by atoms with Crippen LogP contribution >= 0.6 is 47.8 Å². The normalized spacial score (nSPS) is 14.7. The zero-order valence-electron chi connectivity index (χ0n) is 77.7. The van der Waals surface area contributed by atoms with E-state index in [1.807, 2.05) is 55.5 Å². The van der Waals surface area contributed by atoms with Crippen LogP contribution in [0.25, 0.3) is 0 Å². The molecule has 2 aliphatic rings. The number of rotatable bonds is 53. The van der Waals surface area contributed by atoms with Crippen molar-refractivity contribution in [2.45, 2.75) is 301 Å². The lowest BCUT2D eigenvalue weighted by Crippen LogP contribution is -3.00. The SMILES string of the molecule is BrCCCCCCCCBr.CCCN(CC)CC(=O)Cc1c(C)cccc1OC.CCC[N+](CC)(CCCCCCCCBr)CC(=O)Cc1c(C)cccc1OC.CCC[N+](CC)(CCCCCCCCN1CCCCC1C(=O)Nc1c(C)cccc1C)CC(=O)Cc1c(C)cccc1OC.Cc1cccc(C)c1CC(=O)C1CCCCN1.[Br-].[Br-]. The maximum atomic E-state index is 13.3. The number of ether oxygens (including phenoxy) is 3. The van der Waals surface area contributed by atoms with E-state index in [9.17, 15) is 24.0 Å². The van der Waals surface area contributed by atoms with Crippen molar-refractivity contribution < 1.29 is 81.1 Å². The van der Waals surface area contributed by atoms with Crippen LogP contribution in [0.5, 0.6) is 17.2 Å². The second-order valence-corrected chi connectivity index (χ2v) is 35.9. The van der Waals surface area contributed by atoms with E-state index in [1.54, 1.807) is 21.3 Å². The van der Waals surface area contributed by atoms with Gasteiger partial charge in [-0.3, -0.25) is 33.8 Å². The van der Waals surface area contributed by atoms with Gasteiger partial charge in [-0.15, -0.1) is 0 Å². The predicted octanol–water partition coefficient (Wildman–Crippen LogP) is 17.4. The van der Waals surface area contributed by atoms with Crippen molar-refractivity contribution >= 4 is 82.5 Å². The van der Waals surface area contributed by atoms with Crippen LogP contribution in [0, 0.1) is 48.5 Å².